The van der Waals surface area contributed by atoms with Crippen LogP contribution < -0.4 is 4.74 Å². The molecule has 1 aliphatic rings. The van der Waals surface area contributed by atoms with Crippen LogP contribution in [0.3, 0.4) is 0 Å². The van der Waals surface area contributed by atoms with Crippen molar-refractivity contribution in [3.8, 4) is 11.5 Å². The molecule has 2 aromatic carbocycles. The Kier molecular flexibility index (Phi) is 8.16. The van der Waals surface area contributed by atoms with E-state index in [4.69, 9.17) is 25.8 Å². The average Bonchev–Trinajstić information content (AvgIpc) is 3.37. The van der Waals surface area contributed by atoms with E-state index in [2.05, 4.69) is 10.1 Å². The lowest BCUT2D eigenvalue weighted by Gasteiger charge is -2.43. The Morgan fingerprint density at radius 3 is 2.31 bits per heavy atom. The number of aliphatic hydroxyl groups is 3. The van der Waals surface area contributed by atoms with E-state index < -0.39 is 66.1 Å². The van der Waals surface area contributed by atoms with Gasteiger partial charge in [0.15, 0.2) is 12.4 Å². The van der Waals surface area contributed by atoms with Crippen LogP contribution in [-0.2, 0) is 32.6 Å². The molecule has 39 heavy (non-hydrogen) atoms. The van der Waals surface area contributed by atoms with Crippen LogP contribution in [0.4, 0.5) is 13.2 Å². The van der Waals surface area contributed by atoms with Crippen LogP contribution in [0.5, 0.6) is 11.5 Å². The minimum absolute atomic E-state index is 0.157. The lowest BCUT2D eigenvalue weighted by molar-refractivity contribution is -0.323. The number of carboxylic acids is 1. The van der Waals surface area contributed by atoms with Gasteiger partial charge in [0.1, 0.15) is 48.1 Å². The maximum absolute atomic E-state index is 14.4. The summed E-state index contributed by atoms with van der Waals surface area (Å²) in [5.41, 5.74) is -3.62. The molecule has 1 aromatic heterocycles. The van der Waals surface area contributed by atoms with E-state index in [9.17, 15) is 38.4 Å². The zero-order valence-electron chi connectivity index (χ0n) is 20.1. The van der Waals surface area contributed by atoms with E-state index in [1.165, 1.54) is 43.6 Å². The number of nitrogens with zero attached hydrogens (tertiary/aromatic N) is 3. The van der Waals surface area contributed by atoms with Gasteiger partial charge < -0.3 is 34.6 Å². The molecule has 11 nitrogen and oxygen atoms in total. The van der Waals surface area contributed by atoms with E-state index in [0.717, 1.165) is 23.1 Å². The van der Waals surface area contributed by atoms with Crippen LogP contribution >= 0.6 is 11.6 Å². The van der Waals surface area contributed by atoms with E-state index in [-0.39, 0.29) is 11.5 Å². The predicted molar refractivity (Wildman–Crippen MR) is 126 cm³/mol. The molecule has 1 saturated heterocycles. The van der Waals surface area contributed by atoms with Gasteiger partial charge in [0.25, 0.3) is 0 Å². The Morgan fingerprint density at radius 1 is 1.05 bits per heavy atom. The zero-order valence-corrected chi connectivity index (χ0v) is 20.8. The van der Waals surface area contributed by atoms with Gasteiger partial charge in [-0.2, -0.15) is 18.3 Å². The molecule has 4 rings (SSSR count). The second-order valence-corrected chi connectivity index (χ2v) is 9.37. The molecule has 1 aliphatic heterocycles. The van der Waals surface area contributed by atoms with Crippen LogP contribution in [0.1, 0.15) is 18.1 Å². The van der Waals surface area contributed by atoms with Gasteiger partial charge in [-0.25, -0.2) is 14.5 Å². The molecule has 1 fully saturated rings. The van der Waals surface area contributed by atoms with Crippen molar-refractivity contribution in [1.29, 1.82) is 0 Å². The fourth-order valence-electron chi connectivity index (χ4n) is 4.14. The summed E-state index contributed by atoms with van der Waals surface area (Å²) >= 11 is 5.84. The second-order valence-electron chi connectivity index (χ2n) is 8.94. The van der Waals surface area contributed by atoms with Gasteiger partial charge in [-0.1, -0.05) is 17.7 Å². The number of aromatic nitrogens is 3. The minimum atomic E-state index is -4.92. The number of ether oxygens (including phenoxy) is 3. The van der Waals surface area contributed by atoms with Crippen molar-refractivity contribution >= 4 is 17.6 Å². The molecular weight excluding hydrogens is 551 g/mol. The van der Waals surface area contributed by atoms with Crippen molar-refractivity contribution in [2.75, 3.05) is 0 Å². The largest absolute Gasteiger partial charge is 0.479 e. The number of benzene rings is 2. The predicted octanol–water partition coefficient (Wildman–Crippen LogP) is 2.57. The molecule has 0 bridgehead atoms. The molecule has 210 valence electrons. The summed E-state index contributed by atoms with van der Waals surface area (Å²) in [7, 11) is 0. The number of alkyl halides is 3. The standard InChI is InChI=1S/C24H23ClF3N3O8/c1-23(9-31-11-29-10-30-31,39-22-19(34)17(32)18(33)20(38-22)21(35)36)15-7-6-14(8-16(15)24(26,27)28)37-13-4-2-12(25)3-5-13/h2-8,10-11,17-20,22,32-34H,9H2,1H3,(H,35,36)/t17-,18-,19+,20-,22+,23?/m0/s1. The van der Waals surface area contributed by atoms with Gasteiger partial charge in [0, 0.05) is 5.02 Å². The molecule has 0 aliphatic carbocycles. The topological polar surface area (TPSA) is 156 Å². The lowest BCUT2D eigenvalue weighted by atomic mass is 9.89. The highest BCUT2D eigenvalue weighted by Gasteiger charge is 2.51. The Labute approximate surface area is 223 Å². The van der Waals surface area contributed by atoms with Crippen molar-refractivity contribution in [2.24, 2.45) is 0 Å². The first-order chi connectivity index (χ1) is 18.3. The fraction of sp³-hybridized carbons (Fsp3) is 0.375. The number of aliphatic hydroxyl groups excluding tert-OH is 3. The number of aliphatic carboxylic acids is 1. The zero-order chi connectivity index (χ0) is 28.5. The average molecular weight is 574 g/mol. The first kappa shape index (κ1) is 28.7. The van der Waals surface area contributed by atoms with Crippen LogP contribution in [-0.4, -0.2) is 71.9 Å². The number of hydrogen-bond donors (Lipinski definition) is 4. The SMILES string of the molecule is CC(Cn1cncn1)(O[C@H]1O[C@H](C(=O)O)[C@@H](O)[C@H](O)[C@H]1O)c1ccc(Oc2ccc(Cl)cc2)cc1C(F)(F)F. The number of halogens is 4. The van der Waals surface area contributed by atoms with Crippen LogP contribution in [0.15, 0.2) is 55.1 Å². The highest BCUT2D eigenvalue weighted by Crippen LogP contribution is 2.43. The Bertz CT molecular complexity index is 1290. The summed E-state index contributed by atoms with van der Waals surface area (Å²) in [5, 5.41) is 44.3. The third-order valence-electron chi connectivity index (χ3n) is 6.04. The number of hydrogen-bond acceptors (Lipinski definition) is 9. The number of rotatable bonds is 8. The molecule has 0 radical (unpaired) electrons. The Hall–Kier alpha value is -3.27. The van der Waals surface area contributed by atoms with Gasteiger partial charge in [-0.15, -0.1) is 0 Å². The van der Waals surface area contributed by atoms with Gasteiger partial charge in [0.05, 0.1) is 12.1 Å². The summed E-state index contributed by atoms with van der Waals surface area (Å²) < 4.78 is 60.8. The molecule has 4 N–H and O–H groups in total. The Balaban J connectivity index is 1.76. The quantitative estimate of drug-likeness (QED) is 0.316. The highest BCUT2D eigenvalue weighted by atomic mass is 35.5. The molecule has 2 heterocycles. The maximum Gasteiger partial charge on any atom is 0.416 e. The molecule has 0 saturated carbocycles. The van der Waals surface area contributed by atoms with Crippen LogP contribution in [0.2, 0.25) is 5.02 Å². The van der Waals surface area contributed by atoms with Crippen molar-refractivity contribution in [3.05, 3.63) is 71.3 Å². The van der Waals surface area contributed by atoms with Gasteiger partial charge in [-0.3, -0.25) is 0 Å². The van der Waals surface area contributed by atoms with Gasteiger partial charge in [-0.05, 0) is 48.9 Å². The van der Waals surface area contributed by atoms with Gasteiger partial charge >= 0.3 is 12.1 Å². The summed E-state index contributed by atoms with van der Waals surface area (Å²) in [5.74, 6) is -1.61. The van der Waals surface area contributed by atoms with Crippen molar-refractivity contribution < 1.29 is 52.6 Å². The third kappa shape index (κ3) is 6.32. The smallest absolute Gasteiger partial charge is 0.416 e. The molecule has 1 unspecified atom stereocenters. The first-order valence-corrected chi connectivity index (χ1v) is 11.7. The lowest BCUT2D eigenvalue weighted by Crippen LogP contribution is -2.61. The molecule has 6 atom stereocenters. The van der Waals surface area contributed by atoms with E-state index in [1.54, 1.807) is 0 Å². The number of carboxylic acid groups (broad SMARTS) is 1. The number of carbonyl (C=O) groups is 1. The van der Waals surface area contributed by atoms with Crippen molar-refractivity contribution in [1.82, 2.24) is 14.8 Å². The van der Waals surface area contributed by atoms with Crippen LogP contribution in [0.25, 0.3) is 0 Å². The summed E-state index contributed by atoms with van der Waals surface area (Å²) in [6, 6.07) is 9.07. The van der Waals surface area contributed by atoms with E-state index in [0.29, 0.717) is 5.02 Å². The second kappa shape index (κ2) is 11.1. The third-order valence-corrected chi connectivity index (χ3v) is 6.29. The molecular formula is C24H23ClF3N3O8. The minimum Gasteiger partial charge on any atom is -0.479 e. The van der Waals surface area contributed by atoms with Crippen molar-refractivity contribution in [2.45, 2.75) is 56.0 Å². The molecule has 15 heteroatoms. The highest BCUT2D eigenvalue weighted by molar-refractivity contribution is 6.30. The fourth-order valence-corrected chi connectivity index (χ4v) is 4.26. The molecule has 0 amide bonds. The molecule has 0 spiro atoms. The summed E-state index contributed by atoms with van der Waals surface area (Å²) in [6.07, 6.45) is -12.6. The first-order valence-electron chi connectivity index (χ1n) is 11.4. The van der Waals surface area contributed by atoms with Gasteiger partial charge in [0.2, 0.25) is 0 Å². The Morgan fingerprint density at radius 2 is 1.72 bits per heavy atom. The molecule has 3 aromatic rings. The van der Waals surface area contributed by atoms with Crippen molar-refractivity contribution in [3.63, 3.8) is 0 Å². The normalized spacial score (nSPS) is 25.2. The van der Waals surface area contributed by atoms with Crippen LogP contribution in [0, 0.1) is 0 Å². The summed E-state index contributed by atoms with van der Waals surface area (Å²) in [4.78, 5) is 15.3. The van der Waals surface area contributed by atoms with E-state index >= 15 is 0 Å². The maximum atomic E-state index is 14.4. The monoisotopic (exact) mass is 573 g/mol. The summed E-state index contributed by atoms with van der Waals surface area (Å²) in [6.45, 7) is 0.832. The van der Waals surface area contributed by atoms with E-state index in [1.807, 2.05) is 0 Å².